The lowest BCUT2D eigenvalue weighted by Gasteiger charge is -2.41. The fourth-order valence-corrected chi connectivity index (χ4v) is 2.82. The second kappa shape index (κ2) is 6.53. The average molecular weight is 260 g/mol. The maximum Gasteiger partial charge on any atom is 0.0157 e. The van der Waals surface area contributed by atoms with Crippen molar-refractivity contribution >= 4 is 0 Å². The summed E-state index contributed by atoms with van der Waals surface area (Å²) < 4.78 is 0. The molecule has 1 fully saturated rings. The van der Waals surface area contributed by atoms with Crippen LogP contribution in [0.1, 0.15) is 38.3 Å². The maximum atomic E-state index is 3.43. The molecule has 0 atom stereocenters. The zero-order valence-electron chi connectivity index (χ0n) is 12.7. The highest BCUT2D eigenvalue weighted by atomic mass is 15.2. The Hall–Kier alpha value is -0.860. The monoisotopic (exact) mass is 260 g/mol. The molecule has 0 saturated carbocycles. The van der Waals surface area contributed by atoms with Crippen molar-refractivity contribution in [2.75, 3.05) is 26.2 Å². The lowest BCUT2D eigenvalue weighted by atomic mass is 9.92. The van der Waals surface area contributed by atoms with Gasteiger partial charge in [-0.2, -0.15) is 0 Å². The normalized spacial score (nSPS) is 17.6. The lowest BCUT2D eigenvalue weighted by molar-refractivity contribution is 0.0959. The largest absolute Gasteiger partial charge is 0.314 e. The second-order valence-corrected chi connectivity index (χ2v) is 6.22. The Bertz CT molecular complexity index is 375. The number of piperazine rings is 1. The molecule has 0 aliphatic carbocycles. The van der Waals surface area contributed by atoms with E-state index in [0.717, 1.165) is 19.5 Å². The van der Waals surface area contributed by atoms with Crippen molar-refractivity contribution < 1.29 is 0 Å². The summed E-state index contributed by atoms with van der Waals surface area (Å²) in [5, 5.41) is 3.43. The summed E-state index contributed by atoms with van der Waals surface area (Å²) in [4.78, 5) is 2.63. The van der Waals surface area contributed by atoms with Crippen molar-refractivity contribution in [3.63, 3.8) is 0 Å². The van der Waals surface area contributed by atoms with Crippen LogP contribution in [0.25, 0.3) is 0 Å². The molecule has 0 unspecified atom stereocenters. The molecule has 0 radical (unpaired) electrons. The number of rotatable bonds is 5. The van der Waals surface area contributed by atoms with Crippen LogP contribution in [-0.2, 0) is 12.8 Å². The lowest BCUT2D eigenvalue weighted by Crippen LogP contribution is -2.53. The molecule has 1 aromatic rings. The van der Waals surface area contributed by atoms with E-state index in [2.05, 4.69) is 55.3 Å². The van der Waals surface area contributed by atoms with Gasteiger partial charge in [0.15, 0.2) is 0 Å². The van der Waals surface area contributed by atoms with E-state index in [-0.39, 0.29) is 0 Å². The summed E-state index contributed by atoms with van der Waals surface area (Å²) in [6.07, 6.45) is 3.55. The van der Waals surface area contributed by atoms with Gasteiger partial charge in [-0.15, -0.1) is 0 Å². The first-order chi connectivity index (χ1) is 9.12. The van der Waals surface area contributed by atoms with Gasteiger partial charge < -0.3 is 5.32 Å². The number of hydrogen-bond acceptors (Lipinski definition) is 2. The Morgan fingerprint density at radius 2 is 1.63 bits per heavy atom. The SMILES string of the molecule is CCc1ccc(CCC(C)(C)N2CCNCC2)cc1. The number of hydrogen-bond donors (Lipinski definition) is 1. The molecule has 1 aromatic carbocycles. The Morgan fingerprint density at radius 1 is 1.05 bits per heavy atom. The van der Waals surface area contributed by atoms with Crippen LogP contribution in [0.3, 0.4) is 0 Å². The van der Waals surface area contributed by atoms with Crippen molar-refractivity contribution in [2.24, 2.45) is 0 Å². The van der Waals surface area contributed by atoms with Crippen LogP contribution in [0.15, 0.2) is 24.3 Å². The molecule has 1 heterocycles. The fourth-order valence-electron chi connectivity index (χ4n) is 2.82. The molecule has 0 aromatic heterocycles. The molecular weight excluding hydrogens is 232 g/mol. The third-order valence-corrected chi connectivity index (χ3v) is 4.43. The van der Waals surface area contributed by atoms with Gasteiger partial charge in [0.05, 0.1) is 0 Å². The van der Waals surface area contributed by atoms with Gasteiger partial charge in [-0.3, -0.25) is 4.90 Å². The molecule has 1 aliphatic heterocycles. The van der Waals surface area contributed by atoms with E-state index >= 15 is 0 Å². The summed E-state index contributed by atoms with van der Waals surface area (Å²) in [5.41, 5.74) is 3.22. The Balaban J connectivity index is 1.88. The minimum atomic E-state index is 0.311. The number of benzene rings is 1. The molecule has 0 amide bonds. The summed E-state index contributed by atoms with van der Waals surface area (Å²) in [7, 11) is 0. The third kappa shape index (κ3) is 4.05. The predicted molar refractivity (Wildman–Crippen MR) is 82.7 cm³/mol. The topological polar surface area (TPSA) is 15.3 Å². The Kier molecular flexibility index (Phi) is 5.00. The van der Waals surface area contributed by atoms with Gasteiger partial charge in [0.1, 0.15) is 0 Å². The number of nitrogens with zero attached hydrogens (tertiary/aromatic N) is 1. The standard InChI is InChI=1S/C17H28N2/c1-4-15-5-7-16(8-6-15)9-10-17(2,3)19-13-11-18-12-14-19/h5-8,18H,4,9-14H2,1-3H3. The van der Waals surface area contributed by atoms with Crippen LogP contribution in [-0.4, -0.2) is 36.6 Å². The molecule has 0 spiro atoms. The highest BCUT2D eigenvalue weighted by Crippen LogP contribution is 2.22. The third-order valence-electron chi connectivity index (χ3n) is 4.43. The quantitative estimate of drug-likeness (QED) is 0.876. The molecule has 106 valence electrons. The van der Waals surface area contributed by atoms with Crippen LogP contribution in [0, 0.1) is 0 Å². The first-order valence-electron chi connectivity index (χ1n) is 7.65. The van der Waals surface area contributed by atoms with Gasteiger partial charge in [0, 0.05) is 31.7 Å². The van der Waals surface area contributed by atoms with Gasteiger partial charge in [0.2, 0.25) is 0 Å². The molecule has 1 N–H and O–H groups in total. The number of nitrogens with one attached hydrogen (secondary N) is 1. The molecular formula is C17H28N2. The second-order valence-electron chi connectivity index (χ2n) is 6.22. The molecule has 2 heteroatoms. The van der Waals surface area contributed by atoms with Crippen LogP contribution in [0.4, 0.5) is 0 Å². The van der Waals surface area contributed by atoms with Crippen LogP contribution in [0.2, 0.25) is 0 Å². The smallest absolute Gasteiger partial charge is 0.0157 e. The van der Waals surface area contributed by atoms with E-state index in [0.29, 0.717) is 5.54 Å². The minimum absolute atomic E-state index is 0.311. The fraction of sp³-hybridized carbons (Fsp3) is 0.647. The molecule has 1 saturated heterocycles. The van der Waals surface area contributed by atoms with Gasteiger partial charge in [-0.05, 0) is 44.2 Å². The molecule has 2 nitrogen and oxygen atoms in total. The highest BCUT2D eigenvalue weighted by Gasteiger charge is 2.27. The summed E-state index contributed by atoms with van der Waals surface area (Å²) in [6.45, 7) is 11.6. The van der Waals surface area contributed by atoms with Crippen molar-refractivity contribution in [2.45, 2.75) is 45.6 Å². The molecule has 1 aliphatic rings. The van der Waals surface area contributed by atoms with E-state index in [4.69, 9.17) is 0 Å². The predicted octanol–water partition coefficient (Wildman–Crippen LogP) is 2.87. The van der Waals surface area contributed by atoms with Crippen molar-refractivity contribution in [1.82, 2.24) is 10.2 Å². The van der Waals surface area contributed by atoms with Crippen LogP contribution < -0.4 is 5.32 Å². The summed E-state index contributed by atoms with van der Waals surface area (Å²) in [5.74, 6) is 0. The van der Waals surface area contributed by atoms with Gasteiger partial charge in [-0.25, -0.2) is 0 Å². The highest BCUT2D eigenvalue weighted by molar-refractivity contribution is 5.22. The van der Waals surface area contributed by atoms with E-state index in [1.54, 1.807) is 0 Å². The van der Waals surface area contributed by atoms with Crippen molar-refractivity contribution in [3.05, 3.63) is 35.4 Å². The van der Waals surface area contributed by atoms with E-state index in [1.165, 1.54) is 37.1 Å². The van der Waals surface area contributed by atoms with Gasteiger partial charge in [-0.1, -0.05) is 31.2 Å². The van der Waals surface area contributed by atoms with Crippen molar-refractivity contribution in [1.29, 1.82) is 0 Å². The summed E-state index contributed by atoms with van der Waals surface area (Å²) in [6, 6.07) is 9.14. The Morgan fingerprint density at radius 3 is 2.21 bits per heavy atom. The van der Waals surface area contributed by atoms with Gasteiger partial charge >= 0.3 is 0 Å². The average Bonchev–Trinajstić information content (AvgIpc) is 2.47. The first-order valence-corrected chi connectivity index (χ1v) is 7.65. The van der Waals surface area contributed by atoms with E-state index in [1.807, 2.05) is 0 Å². The summed E-state index contributed by atoms with van der Waals surface area (Å²) >= 11 is 0. The minimum Gasteiger partial charge on any atom is -0.314 e. The number of aryl methyl sites for hydroxylation is 2. The van der Waals surface area contributed by atoms with Gasteiger partial charge in [0.25, 0.3) is 0 Å². The zero-order chi connectivity index (χ0) is 13.7. The van der Waals surface area contributed by atoms with E-state index in [9.17, 15) is 0 Å². The van der Waals surface area contributed by atoms with E-state index < -0.39 is 0 Å². The maximum absolute atomic E-state index is 3.43. The molecule has 0 bridgehead atoms. The molecule has 2 rings (SSSR count). The molecule has 19 heavy (non-hydrogen) atoms. The van der Waals surface area contributed by atoms with Crippen LogP contribution >= 0.6 is 0 Å². The van der Waals surface area contributed by atoms with Crippen LogP contribution in [0.5, 0.6) is 0 Å². The zero-order valence-corrected chi connectivity index (χ0v) is 12.7. The van der Waals surface area contributed by atoms with Crippen molar-refractivity contribution in [3.8, 4) is 0 Å². The first kappa shape index (κ1) is 14.5. The Labute approximate surface area is 118 Å².